The molecule has 0 aliphatic carbocycles. The van der Waals surface area contributed by atoms with E-state index in [4.69, 9.17) is 17.3 Å². The number of aromatic nitrogens is 1. The summed E-state index contributed by atoms with van der Waals surface area (Å²) in [6.45, 7) is 0. The molecule has 1 aliphatic rings. The maximum atomic E-state index is 11.8. The van der Waals surface area contributed by atoms with E-state index in [9.17, 15) is 4.79 Å². The Bertz CT molecular complexity index is 675. The molecule has 1 unspecified atom stereocenters. The molecule has 2 aromatic rings. The van der Waals surface area contributed by atoms with E-state index in [2.05, 4.69) is 4.98 Å². The summed E-state index contributed by atoms with van der Waals surface area (Å²) in [7, 11) is 1.74. The Hall–Kier alpha value is -1.56. The fraction of sp³-hybridized carbons (Fsp3) is 0.143. The molecule has 0 saturated carbocycles. The molecule has 102 valence electrons. The van der Waals surface area contributed by atoms with Gasteiger partial charge in [0.2, 0.25) is 5.91 Å². The molecular formula is C14H12ClN3OS. The summed E-state index contributed by atoms with van der Waals surface area (Å²) in [6.07, 6.45) is 1.61. The SMILES string of the molecule is CN1C(=O)C(N)c2ccc(Sc3ccc(Cl)cn3)cc21. The molecule has 0 spiro atoms. The molecule has 1 aromatic carbocycles. The summed E-state index contributed by atoms with van der Waals surface area (Å²) >= 11 is 7.33. The van der Waals surface area contributed by atoms with Crippen molar-refractivity contribution in [2.45, 2.75) is 16.0 Å². The maximum absolute atomic E-state index is 11.8. The number of carbonyl (C=O) groups excluding carboxylic acids is 1. The normalized spacial score (nSPS) is 17.4. The summed E-state index contributed by atoms with van der Waals surface area (Å²) in [5.74, 6) is -0.0771. The molecule has 20 heavy (non-hydrogen) atoms. The van der Waals surface area contributed by atoms with E-state index >= 15 is 0 Å². The van der Waals surface area contributed by atoms with Gasteiger partial charge in [0, 0.05) is 29.4 Å². The number of nitrogens with zero attached hydrogens (tertiary/aromatic N) is 2. The van der Waals surface area contributed by atoms with E-state index < -0.39 is 6.04 Å². The van der Waals surface area contributed by atoms with Crippen molar-refractivity contribution in [1.82, 2.24) is 4.98 Å². The number of halogens is 1. The third-order valence-corrected chi connectivity index (χ3v) is 4.38. The van der Waals surface area contributed by atoms with Crippen LogP contribution in [0, 0.1) is 0 Å². The minimum Gasteiger partial charge on any atom is -0.316 e. The number of pyridine rings is 1. The van der Waals surface area contributed by atoms with Gasteiger partial charge in [0.05, 0.1) is 5.02 Å². The number of hydrogen-bond donors (Lipinski definition) is 1. The molecule has 6 heteroatoms. The van der Waals surface area contributed by atoms with Gasteiger partial charge in [-0.1, -0.05) is 29.4 Å². The molecule has 0 radical (unpaired) electrons. The molecule has 0 bridgehead atoms. The van der Waals surface area contributed by atoms with Crippen LogP contribution in [0.2, 0.25) is 5.02 Å². The highest BCUT2D eigenvalue weighted by Gasteiger charge is 2.32. The summed E-state index contributed by atoms with van der Waals surface area (Å²) in [5.41, 5.74) is 7.60. The van der Waals surface area contributed by atoms with Gasteiger partial charge in [0.15, 0.2) is 0 Å². The van der Waals surface area contributed by atoms with Crippen molar-refractivity contribution in [3.63, 3.8) is 0 Å². The molecule has 2 heterocycles. The lowest BCUT2D eigenvalue weighted by atomic mass is 10.1. The molecule has 1 aromatic heterocycles. The summed E-state index contributed by atoms with van der Waals surface area (Å²) in [5, 5.41) is 1.46. The van der Waals surface area contributed by atoms with Gasteiger partial charge in [-0.25, -0.2) is 4.98 Å². The van der Waals surface area contributed by atoms with Crippen molar-refractivity contribution in [1.29, 1.82) is 0 Å². The first-order chi connectivity index (χ1) is 9.56. The van der Waals surface area contributed by atoms with Crippen LogP contribution in [0.4, 0.5) is 5.69 Å². The highest BCUT2D eigenvalue weighted by molar-refractivity contribution is 7.99. The van der Waals surface area contributed by atoms with Crippen molar-refractivity contribution in [3.05, 3.63) is 47.1 Å². The van der Waals surface area contributed by atoms with Gasteiger partial charge in [0.1, 0.15) is 11.1 Å². The second-order valence-corrected chi connectivity index (χ2v) is 6.04. The molecule has 2 N–H and O–H groups in total. The smallest absolute Gasteiger partial charge is 0.248 e. The second kappa shape index (κ2) is 5.09. The van der Waals surface area contributed by atoms with Gasteiger partial charge in [-0.3, -0.25) is 4.79 Å². The van der Waals surface area contributed by atoms with Crippen LogP contribution >= 0.6 is 23.4 Å². The first-order valence-electron chi connectivity index (χ1n) is 6.03. The van der Waals surface area contributed by atoms with Crippen LogP contribution in [0.3, 0.4) is 0 Å². The number of carbonyl (C=O) groups is 1. The molecule has 1 aliphatic heterocycles. The maximum Gasteiger partial charge on any atom is 0.248 e. The zero-order valence-corrected chi connectivity index (χ0v) is 12.3. The Kier molecular flexibility index (Phi) is 3.41. The zero-order valence-electron chi connectivity index (χ0n) is 10.7. The van der Waals surface area contributed by atoms with E-state index in [1.807, 2.05) is 24.3 Å². The van der Waals surface area contributed by atoms with Gasteiger partial charge in [-0.15, -0.1) is 0 Å². The number of nitrogens with two attached hydrogens (primary N) is 1. The van der Waals surface area contributed by atoms with Crippen molar-refractivity contribution >= 4 is 35.0 Å². The van der Waals surface area contributed by atoms with Crippen LogP contribution in [0.1, 0.15) is 11.6 Å². The Morgan fingerprint density at radius 3 is 2.85 bits per heavy atom. The minimum absolute atomic E-state index is 0.0771. The molecule has 1 amide bonds. The molecular weight excluding hydrogens is 294 g/mol. The lowest BCUT2D eigenvalue weighted by Crippen LogP contribution is -2.27. The average molecular weight is 306 g/mol. The number of amides is 1. The molecule has 4 nitrogen and oxygen atoms in total. The number of rotatable bonds is 2. The number of hydrogen-bond acceptors (Lipinski definition) is 4. The third kappa shape index (κ3) is 2.28. The Morgan fingerprint density at radius 2 is 2.15 bits per heavy atom. The van der Waals surface area contributed by atoms with E-state index in [0.29, 0.717) is 5.02 Å². The van der Waals surface area contributed by atoms with Gasteiger partial charge < -0.3 is 10.6 Å². The molecule has 1 atom stereocenters. The number of likely N-dealkylation sites (N-methyl/N-ethyl adjacent to an activating group) is 1. The van der Waals surface area contributed by atoms with Gasteiger partial charge in [-0.05, 0) is 24.3 Å². The van der Waals surface area contributed by atoms with E-state index in [1.54, 1.807) is 24.2 Å². The number of anilines is 1. The highest BCUT2D eigenvalue weighted by atomic mass is 35.5. The van der Waals surface area contributed by atoms with Gasteiger partial charge in [-0.2, -0.15) is 0 Å². The van der Waals surface area contributed by atoms with Gasteiger partial charge >= 0.3 is 0 Å². The van der Waals surface area contributed by atoms with Crippen LogP contribution in [0.5, 0.6) is 0 Å². The fourth-order valence-corrected chi connectivity index (χ4v) is 3.05. The van der Waals surface area contributed by atoms with Crippen molar-refractivity contribution in [3.8, 4) is 0 Å². The first-order valence-corrected chi connectivity index (χ1v) is 7.22. The lowest BCUT2D eigenvalue weighted by Gasteiger charge is -2.10. The second-order valence-electron chi connectivity index (χ2n) is 4.51. The Balaban J connectivity index is 1.90. The lowest BCUT2D eigenvalue weighted by molar-refractivity contribution is -0.118. The van der Waals surface area contributed by atoms with Crippen molar-refractivity contribution in [2.75, 3.05) is 11.9 Å². The summed E-state index contributed by atoms with van der Waals surface area (Å²) < 4.78 is 0. The van der Waals surface area contributed by atoms with Crippen LogP contribution in [0.25, 0.3) is 0 Å². The quantitative estimate of drug-likeness (QED) is 0.927. The van der Waals surface area contributed by atoms with E-state index in [0.717, 1.165) is 21.2 Å². The molecule has 0 fully saturated rings. The van der Waals surface area contributed by atoms with Crippen LogP contribution in [0.15, 0.2) is 46.5 Å². The Morgan fingerprint density at radius 1 is 1.35 bits per heavy atom. The third-order valence-electron chi connectivity index (χ3n) is 3.22. The average Bonchev–Trinajstić information content (AvgIpc) is 2.66. The van der Waals surface area contributed by atoms with Crippen molar-refractivity contribution in [2.24, 2.45) is 5.73 Å². The van der Waals surface area contributed by atoms with E-state index in [1.165, 1.54) is 11.8 Å². The Labute approximate surface area is 125 Å². The fourth-order valence-electron chi connectivity index (χ4n) is 2.14. The first kappa shape index (κ1) is 13.4. The largest absolute Gasteiger partial charge is 0.316 e. The zero-order chi connectivity index (χ0) is 14.3. The standard InChI is InChI=1S/C14H12ClN3OS/c1-18-11-6-9(3-4-10(11)13(16)14(18)19)20-12-5-2-8(15)7-17-12/h2-7,13H,16H2,1H3. The predicted molar refractivity (Wildman–Crippen MR) is 80.2 cm³/mol. The minimum atomic E-state index is -0.553. The van der Waals surface area contributed by atoms with Crippen LogP contribution in [-0.2, 0) is 4.79 Å². The highest BCUT2D eigenvalue weighted by Crippen LogP contribution is 2.37. The molecule has 0 saturated heterocycles. The monoisotopic (exact) mass is 305 g/mol. The number of fused-ring (bicyclic) bond motifs is 1. The predicted octanol–water partition coefficient (Wildman–Crippen LogP) is 2.86. The van der Waals surface area contributed by atoms with E-state index in [-0.39, 0.29) is 5.91 Å². The number of benzene rings is 1. The summed E-state index contributed by atoms with van der Waals surface area (Å²) in [4.78, 5) is 18.7. The van der Waals surface area contributed by atoms with Gasteiger partial charge in [0.25, 0.3) is 0 Å². The summed E-state index contributed by atoms with van der Waals surface area (Å²) in [6, 6.07) is 8.92. The van der Waals surface area contributed by atoms with Crippen LogP contribution < -0.4 is 10.6 Å². The van der Waals surface area contributed by atoms with Crippen LogP contribution in [-0.4, -0.2) is 17.9 Å². The van der Waals surface area contributed by atoms with Crippen molar-refractivity contribution < 1.29 is 4.79 Å². The topological polar surface area (TPSA) is 59.2 Å². The molecule has 3 rings (SSSR count).